The molecule has 5 aliphatic heterocycles. The van der Waals surface area contributed by atoms with E-state index in [0.29, 0.717) is 62.3 Å². The molecule has 0 bridgehead atoms. The van der Waals surface area contributed by atoms with E-state index in [4.69, 9.17) is 10.1 Å². The average molecular weight is 872 g/mol. The average Bonchev–Trinajstić information content (AvgIpc) is 4.00. The van der Waals surface area contributed by atoms with Crippen LogP contribution in [0, 0.1) is 0 Å². The van der Waals surface area contributed by atoms with E-state index < -0.39 is 18.4 Å². The molecule has 0 spiro atoms. The highest BCUT2D eigenvalue weighted by molar-refractivity contribution is 6.06. The molecule has 64 heavy (non-hydrogen) atoms. The number of carbonyl (C=O) groups excluding carboxylic acids is 4. The van der Waals surface area contributed by atoms with E-state index in [9.17, 15) is 28.0 Å². The summed E-state index contributed by atoms with van der Waals surface area (Å²) in [5.41, 5.74) is 9.20. The maximum Gasteiger partial charge on any atom is 0.264 e. The number of rotatable bonds is 10. The number of likely N-dealkylation sites (tertiary alicyclic amines) is 1. The van der Waals surface area contributed by atoms with Crippen molar-refractivity contribution in [3.8, 4) is 11.1 Å². The summed E-state index contributed by atoms with van der Waals surface area (Å²) in [6.45, 7) is 6.53. The molecule has 17 heteroatoms. The predicted molar refractivity (Wildman–Crippen MR) is 234 cm³/mol. The van der Waals surface area contributed by atoms with Gasteiger partial charge in [-0.15, -0.1) is 0 Å². The topological polar surface area (TPSA) is 154 Å². The second-order valence-electron chi connectivity index (χ2n) is 17.7. The Morgan fingerprint density at radius 1 is 0.938 bits per heavy atom. The molecule has 4 amide bonds. The fourth-order valence-electron chi connectivity index (χ4n) is 10.2. The lowest BCUT2D eigenvalue weighted by Crippen LogP contribution is -2.52. The normalized spacial score (nSPS) is 19.2. The molecule has 2 saturated heterocycles. The van der Waals surface area contributed by atoms with Crippen molar-refractivity contribution in [3.63, 3.8) is 0 Å². The van der Waals surface area contributed by atoms with Crippen LogP contribution in [0.2, 0.25) is 0 Å². The number of imide groups is 1. The number of halogens is 2. The van der Waals surface area contributed by atoms with Gasteiger partial charge >= 0.3 is 0 Å². The molecule has 2 aromatic carbocycles. The summed E-state index contributed by atoms with van der Waals surface area (Å²) in [6.07, 6.45) is 7.26. The van der Waals surface area contributed by atoms with E-state index in [1.54, 1.807) is 48.1 Å². The third-order valence-corrected chi connectivity index (χ3v) is 13.6. The van der Waals surface area contributed by atoms with Crippen molar-refractivity contribution in [1.82, 2.24) is 44.6 Å². The van der Waals surface area contributed by atoms with E-state index in [1.807, 2.05) is 35.4 Å². The Kier molecular flexibility index (Phi) is 11.0. The highest BCUT2D eigenvalue weighted by Gasteiger charge is 2.40. The molecule has 1 unspecified atom stereocenters. The van der Waals surface area contributed by atoms with E-state index in [2.05, 4.69) is 36.3 Å². The van der Waals surface area contributed by atoms with Crippen LogP contribution in [0.25, 0.3) is 11.1 Å². The van der Waals surface area contributed by atoms with Gasteiger partial charge < -0.3 is 20.0 Å². The summed E-state index contributed by atoms with van der Waals surface area (Å²) in [6, 6.07) is 12.7. The van der Waals surface area contributed by atoms with E-state index in [-0.39, 0.29) is 35.7 Å². The Morgan fingerprint density at radius 3 is 2.52 bits per heavy atom. The van der Waals surface area contributed by atoms with Gasteiger partial charge in [-0.05, 0) is 79.1 Å². The van der Waals surface area contributed by atoms with Crippen LogP contribution in [0.4, 0.5) is 26.0 Å². The van der Waals surface area contributed by atoms with Crippen LogP contribution in [-0.2, 0) is 60.5 Å². The van der Waals surface area contributed by atoms with Gasteiger partial charge in [-0.3, -0.25) is 43.7 Å². The van der Waals surface area contributed by atoms with Crippen LogP contribution in [0.3, 0.4) is 0 Å². The molecule has 2 fully saturated rings. The molecule has 0 aliphatic carbocycles. The molecule has 15 nitrogen and oxygen atoms in total. The molecule has 0 radical (unpaired) electrons. The molecule has 8 heterocycles. The van der Waals surface area contributed by atoms with Crippen molar-refractivity contribution in [2.45, 2.75) is 96.6 Å². The Hall–Kier alpha value is -6.49. The summed E-state index contributed by atoms with van der Waals surface area (Å²) in [5, 5.41) is 15.4. The lowest BCUT2D eigenvalue weighted by Gasteiger charge is -2.34. The van der Waals surface area contributed by atoms with Crippen molar-refractivity contribution in [2.24, 2.45) is 7.05 Å². The number of anilines is 3. The standard InChI is InChI=1S/C47H51F2N11O4/c1-28(61)57-18-14-40-38(26-57)45(58-15-4-5-30-19-35(31-22-52-55(2)25-31)36(44(48)49)20-42(30)58)54-60(40)33-12-16-56(17-13-33)24-29-8-9-32(50-21-29)23-51-39-7-3-6-34-37(39)27-59(47(34)64)41-10-11-43(62)53-46(41)63/h3,6-9,19-22,25,33,41,44,51H,4-5,10-18,23-24,26-27H2,1-2H3,(H,53,62,63). The van der Waals surface area contributed by atoms with Gasteiger partial charge in [0.15, 0.2) is 5.82 Å². The lowest BCUT2D eigenvalue weighted by molar-refractivity contribution is -0.137. The summed E-state index contributed by atoms with van der Waals surface area (Å²) in [7, 11) is 1.78. The summed E-state index contributed by atoms with van der Waals surface area (Å²) >= 11 is 0. The number of aromatic nitrogens is 5. The van der Waals surface area contributed by atoms with Crippen LogP contribution in [0.15, 0.2) is 61.1 Å². The molecule has 2 N–H and O–H groups in total. The number of fused-ring (bicyclic) bond motifs is 3. The molecule has 3 aromatic heterocycles. The third-order valence-electron chi connectivity index (χ3n) is 13.6. The zero-order chi connectivity index (χ0) is 44.2. The quantitative estimate of drug-likeness (QED) is 0.164. The van der Waals surface area contributed by atoms with Crippen molar-refractivity contribution < 1.29 is 28.0 Å². The second kappa shape index (κ2) is 16.9. The number of pyridine rings is 1. The Bertz CT molecular complexity index is 2650. The van der Waals surface area contributed by atoms with E-state index >= 15 is 0 Å². The van der Waals surface area contributed by atoms with Crippen LogP contribution < -0.4 is 15.5 Å². The monoisotopic (exact) mass is 871 g/mol. The highest BCUT2D eigenvalue weighted by atomic mass is 19.3. The second-order valence-corrected chi connectivity index (χ2v) is 17.7. The fourth-order valence-corrected chi connectivity index (χ4v) is 10.2. The van der Waals surface area contributed by atoms with Gasteiger partial charge in [-0.25, -0.2) is 8.78 Å². The Labute approximate surface area is 369 Å². The number of nitrogens with one attached hydrogen (secondary N) is 2. The lowest BCUT2D eigenvalue weighted by atomic mass is 9.92. The highest BCUT2D eigenvalue weighted by Crippen LogP contribution is 2.44. The molecular formula is C47H51F2N11O4. The Morgan fingerprint density at radius 2 is 1.78 bits per heavy atom. The van der Waals surface area contributed by atoms with Crippen LogP contribution in [0.5, 0.6) is 0 Å². The molecule has 1 atom stereocenters. The number of carbonyl (C=O) groups is 4. The number of alkyl halides is 2. The van der Waals surface area contributed by atoms with Crippen molar-refractivity contribution in [1.29, 1.82) is 0 Å². The van der Waals surface area contributed by atoms with Gasteiger partial charge in [0.25, 0.3) is 12.3 Å². The maximum atomic E-state index is 14.7. The number of hydrogen-bond donors (Lipinski definition) is 2. The minimum absolute atomic E-state index is 0.00808. The van der Waals surface area contributed by atoms with Gasteiger partial charge in [0, 0.05) is 123 Å². The molecule has 10 rings (SSSR count). The molecule has 332 valence electrons. The molecular weight excluding hydrogens is 821 g/mol. The number of piperidine rings is 2. The van der Waals surface area contributed by atoms with E-state index in [0.717, 1.165) is 96.2 Å². The van der Waals surface area contributed by atoms with Crippen LogP contribution in [0.1, 0.15) is 101 Å². The van der Waals surface area contributed by atoms with Gasteiger partial charge in [-0.1, -0.05) is 12.1 Å². The molecule has 5 aliphatic rings. The molecule has 5 aromatic rings. The number of aryl methyl sites for hydroxylation is 2. The first kappa shape index (κ1) is 41.5. The van der Waals surface area contributed by atoms with Gasteiger partial charge in [-0.2, -0.15) is 10.2 Å². The number of hydrogen-bond acceptors (Lipinski definition) is 10. The largest absolute Gasteiger partial charge is 0.379 e. The van der Waals surface area contributed by atoms with Gasteiger partial charge in [0.1, 0.15) is 6.04 Å². The minimum atomic E-state index is -2.67. The van der Waals surface area contributed by atoms with Crippen molar-refractivity contribution in [2.75, 3.05) is 36.4 Å². The number of benzene rings is 2. The smallest absolute Gasteiger partial charge is 0.264 e. The number of amides is 4. The molecule has 0 saturated carbocycles. The first-order valence-corrected chi connectivity index (χ1v) is 22.2. The van der Waals surface area contributed by atoms with Gasteiger partial charge in [0.2, 0.25) is 17.7 Å². The summed E-state index contributed by atoms with van der Waals surface area (Å²) in [5.74, 6) is -0.176. The van der Waals surface area contributed by atoms with Crippen molar-refractivity contribution in [3.05, 3.63) is 106 Å². The zero-order valence-electron chi connectivity index (χ0n) is 36.0. The van der Waals surface area contributed by atoms with E-state index in [1.165, 1.54) is 0 Å². The van der Waals surface area contributed by atoms with Gasteiger partial charge in [0.05, 0.1) is 31.0 Å². The maximum absolute atomic E-state index is 14.7. The first-order chi connectivity index (χ1) is 31.0. The fraction of sp³-hybridized carbons (Fsp3) is 0.426. The summed E-state index contributed by atoms with van der Waals surface area (Å²) in [4.78, 5) is 62.9. The third kappa shape index (κ3) is 7.79. The van der Waals surface area contributed by atoms with Crippen molar-refractivity contribution >= 4 is 40.8 Å². The first-order valence-electron chi connectivity index (χ1n) is 22.2. The van der Waals surface area contributed by atoms with Crippen LogP contribution >= 0.6 is 0 Å². The minimum Gasteiger partial charge on any atom is -0.379 e. The zero-order valence-corrected chi connectivity index (χ0v) is 36.0. The van der Waals surface area contributed by atoms with Crippen LogP contribution in [-0.4, -0.2) is 95.1 Å². The Balaban J connectivity index is 0.807. The SMILES string of the molecule is CC(=O)N1CCc2c(c(N3CCCc4cc(-c5cnn(C)c5)c(C(F)F)cc43)nn2C2CCN(Cc3ccc(CNc4cccc5c4CN(C4CCC(=O)NC4=O)C5=O)nc3)CC2)C1. The summed E-state index contributed by atoms with van der Waals surface area (Å²) < 4.78 is 33.3. The number of nitrogens with zero attached hydrogens (tertiary/aromatic N) is 9. The predicted octanol–water partition coefficient (Wildman–Crippen LogP) is 5.82.